The van der Waals surface area contributed by atoms with Gasteiger partial charge < -0.3 is 19.2 Å². The molecule has 1 N–H and O–H groups in total. The fourth-order valence-corrected chi connectivity index (χ4v) is 3.19. The van der Waals surface area contributed by atoms with Gasteiger partial charge in [0.2, 0.25) is 0 Å². The van der Waals surface area contributed by atoms with Crippen molar-refractivity contribution in [1.29, 1.82) is 0 Å². The maximum Gasteiger partial charge on any atom is 0.331 e. The van der Waals surface area contributed by atoms with E-state index in [1.165, 1.54) is 12.3 Å². The number of carbonyl (C=O) groups is 2. The Kier molecular flexibility index (Phi) is 7.19. The quantitative estimate of drug-likeness (QED) is 0.301. The molecule has 4 aromatic rings. The summed E-state index contributed by atoms with van der Waals surface area (Å²) in [5.41, 5.74) is 3.15. The summed E-state index contributed by atoms with van der Waals surface area (Å²) in [6, 6.07) is 20.6. The summed E-state index contributed by atoms with van der Waals surface area (Å²) in [6.45, 7) is -0.165. The largest absolute Gasteiger partial charge is 0.497 e. The molecule has 4 rings (SSSR count). The Morgan fingerprint density at radius 1 is 1.06 bits per heavy atom. The van der Waals surface area contributed by atoms with Crippen molar-refractivity contribution in [3.05, 3.63) is 96.6 Å². The molecule has 0 aliphatic carbocycles. The van der Waals surface area contributed by atoms with Gasteiger partial charge in [0.15, 0.2) is 6.61 Å². The summed E-state index contributed by atoms with van der Waals surface area (Å²) in [5.74, 6) is 0.286. The number of nitrogens with one attached hydrogen (secondary N) is 1. The number of hydrogen-bond acceptors (Lipinski definition) is 6. The molecule has 0 unspecified atom stereocenters. The van der Waals surface area contributed by atoms with Gasteiger partial charge in [-0.1, -0.05) is 18.2 Å². The number of nitrogens with zero attached hydrogens (tertiary/aromatic N) is 2. The minimum absolute atomic E-state index is 0.225. The number of rotatable bonds is 9. The van der Waals surface area contributed by atoms with E-state index in [1.807, 2.05) is 60.8 Å². The highest BCUT2D eigenvalue weighted by atomic mass is 16.5. The summed E-state index contributed by atoms with van der Waals surface area (Å²) in [5, 5.41) is 7.32. The number of benzene rings is 2. The zero-order valence-corrected chi connectivity index (χ0v) is 18.5. The zero-order chi connectivity index (χ0) is 23.8. The summed E-state index contributed by atoms with van der Waals surface area (Å²) in [4.78, 5) is 24.1. The summed E-state index contributed by atoms with van der Waals surface area (Å²) < 4.78 is 17.2. The van der Waals surface area contributed by atoms with Crippen LogP contribution in [0, 0.1) is 0 Å². The number of methoxy groups -OCH3 is 1. The number of aromatic nitrogens is 2. The van der Waals surface area contributed by atoms with Crippen LogP contribution in [0.5, 0.6) is 5.75 Å². The Bertz CT molecular complexity index is 1260. The van der Waals surface area contributed by atoms with Crippen molar-refractivity contribution in [3.63, 3.8) is 0 Å². The lowest BCUT2D eigenvalue weighted by molar-refractivity contribution is -0.143. The van der Waals surface area contributed by atoms with Crippen LogP contribution >= 0.6 is 0 Å². The lowest BCUT2D eigenvalue weighted by Gasteiger charge is -2.04. The molecule has 0 atom stereocenters. The smallest absolute Gasteiger partial charge is 0.331 e. The molecule has 0 saturated carbocycles. The molecule has 8 heteroatoms. The molecule has 0 spiro atoms. The van der Waals surface area contributed by atoms with Crippen molar-refractivity contribution in [2.24, 2.45) is 0 Å². The third kappa shape index (κ3) is 5.80. The fourth-order valence-electron chi connectivity index (χ4n) is 3.19. The van der Waals surface area contributed by atoms with Crippen LogP contribution in [0.3, 0.4) is 0 Å². The number of para-hydroxylation sites is 1. The molecule has 0 aliphatic heterocycles. The van der Waals surface area contributed by atoms with E-state index in [-0.39, 0.29) is 6.54 Å². The fraction of sp³-hybridized carbons (Fsp3) is 0.115. The zero-order valence-electron chi connectivity index (χ0n) is 18.5. The van der Waals surface area contributed by atoms with E-state index < -0.39 is 18.5 Å². The Morgan fingerprint density at radius 2 is 1.85 bits per heavy atom. The average Bonchev–Trinajstić information content (AvgIpc) is 3.56. The van der Waals surface area contributed by atoms with Gasteiger partial charge in [-0.2, -0.15) is 5.10 Å². The van der Waals surface area contributed by atoms with Crippen LogP contribution in [0.15, 0.2) is 89.7 Å². The molecule has 2 heterocycles. The molecule has 2 aromatic carbocycles. The number of amides is 1. The van der Waals surface area contributed by atoms with Gasteiger partial charge in [0.05, 0.1) is 31.3 Å². The first-order valence-electron chi connectivity index (χ1n) is 10.6. The monoisotopic (exact) mass is 457 g/mol. The van der Waals surface area contributed by atoms with Crippen LogP contribution in [0.4, 0.5) is 0 Å². The maximum absolute atomic E-state index is 12.2. The van der Waals surface area contributed by atoms with E-state index in [2.05, 4.69) is 5.32 Å². The van der Waals surface area contributed by atoms with Crippen molar-refractivity contribution in [2.45, 2.75) is 6.54 Å². The predicted molar refractivity (Wildman–Crippen MR) is 126 cm³/mol. The third-order valence-electron chi connectivity index (χ3n) is 4.91. The molecule has 1 amide bonds. The second kappa shape index (κ2) is 10.8. The van der Waals surface area contributed by atoms with Gasteiger partial charge in [-0.05, 0) is 54.6 Å². The van der Waals surface area contributed by atoms with E-state index >= 15 is 0 Å². The van der Waals surface area contributed by atoms with E-state index in [9.17, 15) is 9.59 Å². The second-order valence-corrected chi connectivity index (χ2v) is 7.24. The van der Waals surface area contributed by atoms with Crippen molar-refractivity contribution in [3.8, 4) is 22.7 Å². The van der Waals surface area contributed by atoms with E-state index in [4.69, 9.17) is 19.0 Å². The standard InChI is InChI=1S/C26H23N3O5/c1-32-22-12-9-19(10-13-22)26-20(17-29(28-26)21-6-3-2-4-7-21)11-14-25(31)34-18-24(30)27-16-23-8-5-15-33-23/h2-15,17H,16,18H2,1H3,(H,27,30)/b14-11+. The molecule has 34 heavy (non-hydrogen) atoms. The lowest BCUT2D eigenvalue weighted by atomic mass is 10.1. The molecule has 0 fully saturated rings. The van der Waals surface area contributed by atoms with Gasteiger partial charge in [0, 0.05) is 23.4 Å². The maximum atomic E-state index is 12.2. The SMILES string of the molecule is COc1ccc(-c2nn(-c3ccccc3)cc2/C=C/C(=O)OCC(=O)NCc2ccco2)cc1. The summed E-state index contributed by atoms with van der Waals surface area (Å²) in [7, 11) is 1.61. The molecule has 8 nitrogen and oxygen atoms in total. The minimum atomic E-state index is -0.638. The Hall–Kier alpha value is -4.59. The molecule has 0 saturated heterocycles. The second-order valence-electron chi connectivity index (χ2n) is 7.24. The first kappa shape index (κ1) is 22.6. The molecule has 2 aromatic heterocycles. The van der Waals surface area contributed by atoms with E-state index in [0.29, 0.717) is 17.0 Å². The average molecular weight is 457 g/mol. The van der Waals surface area contributed by atoms with E-state index in [1.54, 1.807) is 30.0 Å². The first-order valence-corrected chi connectivity index (χ1v) is 10.6. The number of furan rings is 1. The van der Waals surface area contributed by atoms with Gasteiger partial charge in [-0.3, -0.25) is 4.79 Å². The van der Waals surface area contributed by atoms with Gasteiger partial charge in [0.25, 0.3) is 5.91 Å². The van der Waals surface area contributed by atoms with Crippen LogP contribution in [0.25, 0.3) is 23.0 Å². The summed E-state index contributed by atoms with van der Waals surface area (Å²) in [6.07, 6.45) is 6.25. The minimum Gasteiger partial charge on any atom is -0.497 e. The van der Waals surface area contributed by atoms with Crippen molar-refractivity contribution < 1.29 is 23.5 Å². The highest BCUT2D eigenvalue weighted by Crippen LogP contribution is 2.26. The van der Waals surface area contributed by atoms with Crippen molar-refractivity contribution in [2.75, 3.05) is 13.7 Å². The van der Waals surface area contributed by atoms with Gasteiger partial charge in [0.1, 0.15) is 11.5 Å². The third-order valence-corrected chi connectivity index (χ3v) is 4.91. The highest BCUT2D eigenvalue weighted by Gasteiger charge is 2.12. The Morgan fingerprint density at radius 3 is 2.56 bits per heavy atom. The number of carbonyl (C=O) groups excluding carboxylic acids is 2. The lowest BCUT2D eigenvalue weighted by Crippen LogP contribution is -2.27. The predicted octanol–water partition coefficient (Wildman–Crippen LogP) is 4.01. The number of esters is 1. The van der Waals surface area contributed by atoms with Crippen molar-refractivity contribution >= 4 is 18.0 Å². The highest BCUT2D eigenvalue weighted by molar-refractivity contribution is 5.90. The Labute approximate surface area is 196 Å². The molecule has 172 valence electrons. The van der Waals surface area contributed by atoms with Crippen LogP contribution < -0.4 is 10.1 Å². The number of ether oxygens (including phenoxy) is 2. The number of hydrogen-bond donors (Lipinski definition) is 1. The molecule has 0 bridgehead atoms. The summed E-state index contributed by atoms with van der Waals surface area (Å²) >= 11 is 0. The van der Waals surface area contributed by atoms with Gasteiger partial charge in [-0.25, -0.2) is 9.48 Å². The molecular weight excluding hydrogens is 434 g/mol. The van der Waals surface area contributed by atoms with E-state index in [0.717, 1.165) is 17.0 Å². The molecular formula is C26H23N3O5. The normalized spacial score (nSPS) is 10.9. The topological polar surface area (TPSA) is 95.6 Å². The van der Waals surface area contributed by atoms with Gasteiger partial charge in [-0.15, -0.1) is 0 Å². The van der Waals surface area contributed by atoms with Crippen LogP contribution in [0.2, 0.25) is 0 Å². The van der Waals surface area contributed by atoms with Gasteiger partial charge >= 0.3 is 5.97 Å². The van der Waals surface area contributed by atoms with Crippen LogP contribution in [-0.2, 0) is 20.9 Å². The first-order chi connectivity index (χ1) is 16.6. The molecule has 0 radical (unpaired) electrons. The van der Waals surface area contributed by atoms with Crippen molar-refractivity contribution in [1.82, 2.24) is 15.1 Å². The Balaban J connectivity index is 1.46. The molecule has 0 aliphatic rings. The van der Waals surface area contributed by atoms with Crippen LogP contribution in [0.1, 0.15) is 11.3 Å². The van der Waals surface area contributed by atoms with Crippen LogP contribution in [-0.4, -0.2) is 35.4 Å².